The molecule has 0 saturated heterocycles. The number of aliphatic hydroxyl groups is 1. The molecule has 3 heteroatoms. The average Bonchev–Trinajstić information content (AvgIpc) is 2.93. The van der Waals surface area contributed by atoms with Crippen molar-refractivity contribution in [2.75, 3.05) is 6.61 Å². The Morgan fingerprint density at radius 1 is 1.30 bits per heavy atom. The molecular weight excluding hydrogens is 250 g/mol. The van der Waals surface area contributed by atoms with Gasteiger partial charge in [0.15, 0.2) is 0 Å². The van der Waals surface area contributed by atoms with Crippen molar-refractivity contribution in [3.8, 4) is 0 Å². The minimum atomic E-state index is 0.125. The lowest BCUT2D eigenvalue weighted by Gasteiger charge is -2.26. The van der Waals surface area contributed by atoms with Gasteiger partial charge in [0, 0.05) is 24.5 Å². The first-order chi connectivity index (χ1) is 9.72. The summed E-state index contributed by atoms with van der Waals surface area (Å²) in [4.78, 5) is 12.4. The van der Waals surface area contributed by atoms with Gasteiger partial charge in [-0.2, -0.15) is 0 Å². The lowest BCUT2D eigenvalue weighted by atomic mass is 9.81. The topological polar surface area (TPSA) is 49.3 Å². The quantitative estimate of drug-likeness (QED) is 0.734. The molecule has 0 aromatic rings. The molecule has 2 rings (SSSR count). The maximum Gasteiger partial charge on any atom is 0.223 e. The summed E-state index contributed by atoms with van der Waals surface area (Å²) >= 11 is 0. The van der Waals surface area contributed by atoms with Gasteiger partial charge in [-0.3, -0.25) is 4.79 Å². The number of amides is 1. The predicted octanol–water partition coefficient (Wildman–Crippen LogP) is 3.04. The lowest BCUT2D eigenvalue weighted by molar-refractivity contribution is -0.126. The highest BCUT2D eigenvalue weighted by molar-refractivity contribution is 5.79. The second-order valence-electron chi connectivity index (χ2n) is 6.52. The predicted molar refractivity (Wildman–Crippen MR) is 81.2 cm³/mol. The van der Waals surface area contributed by atoms with Crippen LogP contribution in [0.2, 0.25) is 0 Å². The van der Waals surface area contributed by atoms with E-state index >= 15 is 0 Å². The van der Waals surface area contributed by atoms with Gasteiger partial charge in [-0.15, -0.1) is 0 Å². The summed E-state index contributed by atoms with van der Waals surface area (Å²) in [7, 11) is 0. The van der Waals surface area contributed by atoms with Gasteiger partial charge < -0.3 is 10.4 Å². The van der Waals surface area contributed by atoms with Crippen LogP contribution in [0.1, 0.15) is 58.3 Å². The van der Waals surface area contributed by atoms with Crippen LogP contribution in [-0.2, 0) is 4.79 Å². The fraction of sp³-hybridized carbons (Fsp3) is 0.824. The van der Waals surface area contributed by atoms with E-state index in [9.17, 15) is 4.79 Å². The summed E-state index contributed by atoms with van der Waals surface area (Å²) < 4.78 is 0. The van der Waals surface area contributed by atoms with Gasteiger partial charge in [-0.05, 0) is 25.2 Å². The molecule has 1 unspecified atom stereocenters. The molecule has 20 heavy (non-hydrogen) atoms. The number of carbonyl (C=O) groups excluding carboxylic acids is 1. The van der Waals surface area contributed by atoms with Gasteiger partial charge in [0.1, 0.15) is 0 Å². The van der Waals surface area contributed by atoms with E-state index in [-0.39, 0.29) is 30.4 Å². The highest BCUT2D eigenvalue weighted by Gasteiger charge is 2.26. The molecule has 2 aliphatic rings. The zero-order valence-corrected chi connectivity index (χ0v) is 12.7. The summed E-state index contributed by atoms with van der Waals surface area (Å²) in [6.45, 7) is 2.30. The number of hydrogen-bond acceptors (Lipinski definition) is 2. The van der Waals surface area contributed by atoms with Crippen LogP contribution in [0, 0.1) is 17.8 Å². The van der Waals surface area contributed by atoms with Crippen molar-refractivity contribution in [2.45, 2.75) is 64.3 Å². The molecular formula is C17H29NO2. The molecule has 1 fully saturated rings. The smallest absolute Gasteiger partial charge is 0.223 e. The number of nitrogens with one attached hydrogen (secondary N) is 1. The third-order valence-corrected chi connectivity index (χ3v) is 4.94. The SMILES string of the molecule is CCC(CC1CCCCC1)C(=O)N[C@@H]1C=C[C@H](CO)C1. The standard InChI is InChI=1S/C17H29NO2/c1-2-15(10-13-6-4-3-5-7-13)17(20)18-16-9-8-14(11-16)12-19/h8-9,13-16,19H,2-7,10-12H2,1H3,(H,18,20)/t14-,15?,16+/m0/s1. The molecule has 0 aromatic carbocycles. The van der Waals surface area contributed by atoms with Gasteiger partial charge in [0.25, 0.3) is 0 Å². The van der Waals surface area contributed by atoms with Gasteiger partial charge in [-0.1, -0.05) is 51.2 Å². The molecule has 2 aliphatic carbocycles. The van der Waals surface area contributed by atoms with Crippen LogP contribution in [0.4, 0.5) is 0 Å². The van der Waals surface area contributed by atoms with Gasteiger partial charge in [0.2, 0.25) is 5.91 Å². The Morgan fingerprint density at radius 3 is 2.65 bits per heavy atom. The zero-order chi connectivity index (χ0) is 14.4. The van der Waals surface area contributed by atoms with Crippen molar-refractivity contribution >= 4 is 5.91 Å². The van der Waals surface area contributed by atoms with Crippen molar-refractivity contribution < 1.29 is 9.90 Å². The van der Waals surface area contributed by atoms with E-state index in [1.54, 1.807) is 0 Å². The largest absolute Gasteiger partial charge is 0.396 e. The molecule has 114 valence electrons. The molecule has 0 heterocycles. The summed E-state index contributed by atoms with van der Waals surface area (Å²) in [5.74, 6) is 1.36. The van der Waals surface area contributed by atoms with Crippen LogP contribution in [0.25, 0.3) is 0 Å². The van der Waals surface area contributed by atoms with Crippen LogP contribution in [0.15, 0.2) is 12.2 Å². The van der Waals surface area contributed by atoms with Gasteiger partial charge in [0.05, 0.1) is 0 Å². The Morgan fingerprint density at radius 2 is 2.05 bits per heavy atom. The molecule has 0 aromatic heterocycles. The molecule has 0 aliphatic heterocycles. The number of hydrogen-bond donors (Lipinski definition) is 2. The third-order valence-electron chi connectivity index (χ3n) is 4.94. The third kappa shape index (κ3) is 4.34. The minimum absolute atomic E-state index is 0.125. The van der Waals surface area contributed by atoms with Crippen LogP contribution in [-0.4, -0.2) is 23.7 Å². The van der Waals surface area contributed by atoms with E-state index in [2.05, 4.69) is 12.2 Å². The first kappa shape index (κ1) is 15.6. The van der Waals surface area contributed by atoms with Crippen molar-refractivity contribution in [3.63, 3.8) is 0 Å². The fourth-order valence-electron chi connectivity index (χ4n) is 3.60. The Bertz CT molecular complexity index is 334. The van der Waals surface area contributed by atoms with E-state index in [1.807, 2.05) is 12.2 Å². The van der Waals surface area contributed by atoms with E-state index in [1.165, 1.54) is 32.1 Å². The second-order valence-corrected chi connectivity index (χ2v) is 6.52. The highest BCUT2D eigenvalue weighted by Crippen LogP contribution is 2.30. The van der Waals surface area contributed by atoms with Crippen molar-refractivity contribution in [2.24, 2.45) is 17.8 Å². The molecule has 0 spiro atoms. The van der Waals surface area contributed by atoms with Crippen LogP contribution < -0.4 is 5.32 Å². The zero-order valence-electron chi connectivity index (χ0n) is 12.7. The number of rotatable bonds is 6. The highest BCUT2D eigenvalue weighted by atomic mass is 16.3. The Labute approximate surface area is 122 Å². The summed E-state index contributed by atoms with van der Waals surface area (Å²) in [6.07, 6.45) is 13.6. The van der Waals surface area contributed by atoms with Crippen molar-refractivity contribution in [1.29, 1.82) is 0 Å². The van der Waals surface area contributed by atoms with E-state index < -0.39 is 0 Å². The average molecular weight is 279 g/mol. The minimum Gasteiger partial charge on any atom is -0.396 e. The Balaban J connectivity index is 1.78. The molecule has 0 radical (unpaired) electrons. The van der Waals surface area contributed by atoms with Crippen molar-refractivity contribution in [3.05, 3.63) is 12.2 Å². The Kier molecular flexibility index (Phi) is 6.08. The number of aliphatic hydroxyl groups excluding tert-OH is 1. The van der Waals surface area contributed by atoms with Gasteiger partial charge >= 0.3 is 0 Å². The summed E-state index contributed by atoms with van der Waals surface area (Å²) in [5, 5.41) is 12.3. The van der Waals surface area contributed by atoms with E-state index in [4.69, 9.17) is 5.11 Å². The molecule has 2 N–H and O–H groups in total. The first-order valence-corrected chi connectivity index (χ1v) is 8.32. The van der Waals surface area contributed by atoms with E-state index in [0.717, 1.165) is 25.2 Å². The Hall–Kier alpha value is -0.830. The number of carbonyl (C=O) groups is 1. The molecule has 3 nitrogen and oxygen atoms in total. The molecule has 3 atom stereocenters. The summed E-state index contributed by atoms with van der Waals surface area (Å²) in [6, 6.07) is 0.125. The maximum absolute atomic E-state index is 12.4. The monoisotopic (exact) mass is 279 g/mol. The maximum atomic E-state index is 12.4. The first-order valence-electron chi connectivity index (χ1n) is 8.32. The van der Waals surface area contributed by atoms with Crippen LogP contribution in [0.3, 0.4) is 0 Å². The van der Waals surface area contributed by atoms with Crippen LogP contribution in [0.5, 0.6) is 0 Å². The lowest BCUT2D eigenvalue weighted by Crippen LogP contribution is -2.38. The summed E-state index contributed by atoms with van der Waals surface area (Å²) in [5.41, 5.74) is 0. The van der Waals surface area contributed by atoms with E-state index in [0.29, 0.717) is 0 Å². The van der Waals surface area contributed by atoms with Gasteiger partial charge in [-0.25, -0.2) is 0 Å². The van der Waals surface area contributed by atoms with Crippen LogP contribution >= 0.6 is 0 Å². The molecule has 1 saturated carbocycles. The molecule has 1 amide bonds. The normalized spacial score (nSPS) is 28.5. The second kappa shape index (κ2) is 7.82. The fourth-order valence-corrected chi connectivity index (χ4v) is 3.60. The molecule has 0 bridgehead atoms. The van der Waals surface area contributed by atoms with Crippen molar-refractivity contribution in [1.82, 2.24) is 5.32 Å².